The Hall–Kier alpha value is -3.49. The van der Waals surface area contributed by atoms with Gasteiger partial charge in [-0.15, -0.1) is 11.6 Å². The Balaban J connectivity index is 1.70. The molecule has 0 radical (unpaired) electrons. The summed E-state index contributed by atoms with van der Waals surface area (Å²) in [6, 6.07) is 16.2. The summed E-state index contributed by atoms with van der Waals surface area (Å²) in [5.41, 5.74) is 6.14. The van der Waals surface area contributed by atoms with Crippen molar-refractivity contribution >= 4 is 33.9 Å². The van der Waals surface area contributed by atoms with Gasteiger partial charge in [-0.1, -0.05) is 12.1 Å². The molecule has 0 atom stereocenters. The molecule has 0 saturated carbocycles. The number of nitrogens with one attached hydrogen (secondary N) is 2. The Kier molecular flexibility index (Phi) is 6.40. The fourth-order valence-corrected chi connectivity index (χ4v) is 3.78. The van der Waals surface area contributed by atoms with E-state index >= 15 is 0 Å². The quantitative estimate of drug-likeness (QED) is 0.245. The van der Waals surface area contributed by atoms with E-state index in [0.29, 0.717) is 18.1 Å². The number of ether oxygens (including phenoxy) is 1. The molecule has 0 spiro atoms. The second kappa shape index (κ2) is 9.55. The summed E-state index contributed by atoms with van der Waals surface area (Å²) < 4.78 is 5.88. The lowest BCUT2D eigenvalue weighted by atomic mass is 10.0. The zero-order chi connectivity index (χ0) is 21.6. The van der Waals surface area contributed by atoms with Gasteiger partial charge in [-0.3, -0.25) is 4.98 Å². The van der Waals surface area contributed by atoms with Crippen LogP contribution >= 0.6 is 11.6 Å². The van der Waals surface area contributed by atoms with E-state index < -0.39 is 0 Å². The van der Waals surface area contributed by atoms with Crippen LogP contribution < -0.4 is 10.1 Å². The lowest BCUT2D eigenvalue weighted by Gasteiger charge is -2.16. The van der Waals surface area contributed by atoms with Crippen molar-refractivity contribution in [1.82, 2.24) is 9.97 Å². The number of pyridine rings is 1. The van der Waals surface area contributed by atoms with Crippen molar-refractivity contribution in [2.45, 2.75) is 19.8 Å². The van der Waals surface area contributed by atoms with Crippen molar-refractivity contribution in [3.05, 3.63) is 72.2 Å². The Morgan fingerprint density at radius 3 is 2.90 bits per heavy atom. The van der Waals surface area contributed by atoms with E-state index in [-0.39, 0.29) is 0 Å². The summed E-state index contributed by atoms with van der Waals surface area (Å²) in [4.78, 5) is 7.52. The minimum atomic E-state index is 0.486. The molecule has 0 aliphatic heterocycles. The van der Waals surface area contributed by atoms with Crippen LogP contribution in [0.15, 0.2) is 61.1 Å². The van der Waals surface area contributed by atoms with Crippen LogP contribution in [0.4, 0.5) is 11.4 Å². The van der Waals surface area contributed by atoms with Crippen LogP contribution in [0.1, 0.15) is 24.0 Å². The normalized spacial score (nSPS) is 10.7. The summed E-state index contributed by atoms with van der Waals surface area (Å²) in [5.74, 6) is 1.42. The first-order chi connectivity index (χ1) is 15.2. The second-order valence-electron chi connectivity index (χ2n) is 7.30. The highest BCUT2D eigenvalue weighted by atomic mass is 35.5. The predicted octanol–water partition coefficient (Wildman–Crippen LogP) is 6.55. The number of aryl methyl sites for hydroxylation is 1. The molecule has 2 aromatic carbocycles. The van der Waals surface area contributed by atoms with Gasteiger partial charge >= 0.3 is 0 Å². The second-order valence-corrected chi connectivity index (χ2v) is 7.67. The van der Waals surface area contributed by atoms with Gasteiger partial charge in [0.1, 0.15) is 11.8 Å². The molecule has 4 rings (SSSR count). The Labute approximate surface area is 186 Å². The van der Waals surface area contributed by atoms with Crippen molar-refractivity contribution in [2.75, 3.05) is 17.8 Å². The highest BCUT2D eigenvalue weighted by molar-refractivity contribution is 6.17. The van der Waals surface area contributed by atoms with E-state index in [9.17, 15) is 5.26 Å². The maximum Gasteiger partial charge on any atom is 0.119 e. The molecule has 0 amide bonds. The Bertz CT molecular complexity index is 1240. The van der Waals surface area contributed by atoms with Gasteiger partial charge in [-0.25, -0.2) is 0 Å². The maximum atomic E-state index is 9.73. The number of aromatic amines is 1. The number of anilines is 2. The van der Waals surface area contributed by atoms with E-state index in [2.05, 4.69) is 34.3 Å². The van der Waals surface area contributed by atoms with Gasteiger partial charge in [0.2, 0.25) is 0 Å². The molecule has 5 nitrogen and oxygen atoms in total. The summed E-state index contributed by atoms with van der Waals surface area (Å²) in [6.07, 6.45) is 7.13. The average Bonchev–Trinajstić information content (AvgIpc) is 3.28. The standard InChI is InChI=1S/C25H23ClN4O/c1-17-21-9-11-29-24(21)8-7-23(17)30-25-19(14-27)15-28-16-22(25)18-5-4-6-20(13-18)31-12-3-2-10-26/h4-9,11,13,15-16,29H,2-3,10,12H2,1H3,(H,28,30). The van der Waals surface area contributed by atoms with Crippen LogP contribution in [0, 0.1) is 18.3 Å². The average molecular weight is 431 g/mol. The lowest BCUT2D eigenvalue weighted by Crippen LogP contribution is -2.01. The largest absolute Gasteiger partial charge is 0.494 e. The van der Waals surface area contributed by atoms with Crippen LogP contribution in [0.3, 0.4) is 0 Å². The molecular formula is C25H23ClN4O. The van der Waals surface area contributed by atoms with E-state index in [1.165, 1.54) is 0 Å². The third kappa shape index (κ3) is 4.50. The number of H-pyrrole nitrogens is 1. The molecule has 31 heavy (non-hydrogen) atoms. The number of hydrogen-bond donors (Lipinski definition) is 2. The molecule has 4 aromatic rings. The zero-order valence-corrected chi connectivity index (χ0v) is 18.0. The maximum absolute atomic E-state index is 9.73. The fourth-order valence-electron chi connectivity index (χ4n) is 3.59. The SMILES string of the molecule is Cc1c(Nc2c(C#N)cncc2-c2cccc(OCCCCCl)c2)ccc2[nH]ccc12. The highest BCUT2D eigenvalue weighted by Gasteiger charge is 2.14. The first-order valence-corrected chi connectivity index (χ1v) is 10.8. The molecule has 0 saturated heterocycles. The van der Waals surface area contributed by atoms with Crippen LogP contribution in [0.25, 0.3) is 22.0 Å². The third-order valence-corrected chi connectivity index (χ3v) is 5.54. The number of aromatic nitrogens is 2. The number of halogens is 1. The molecule has 0 unspecified atom stereocenters. The van der Waals surface area contributed by atoms with Crippen LogP contribution in [-0.2, 0) is 0 Å². The van der Waals surface area contributed by atoms with Crippen molar-refractivity contribution in [3.63, 3.8) is 0 Å². The number of unbranched alkanes of at least 4 members (excludes halogenated alkanes) is 1. The van der Waals surface area contributed by atoms with E-state index in [1.807, 2.05) is 42.6 Å². The van der Waals surface area contributed by atoms with Gasteiger partial charge in [0.05, 0.1) is 17.9 Å². The molecule has 0 bridgehead atoms. The molecule has 2 aromatic heterocycles. The van der Waals surface area contributed by atoms with Gasteiger partial charge in [-0.2, -0.15) is 5.26 Å². The minimum Gasteiger partial charge on any atom is -0.494 e. The smallest absolute Gasteiger partial charge is 0.119 e. The molecule has 0 fully saturated rings. The number of nitrogens with zero attached hydrogens (tertiary/aromatic N) is 2. The fraction of sp³-hybridized carbons (Fsp3) is 0.200. The van der Waals surface area contributed by atoms with Crippen molar-refractivity contribution < 1.29 is 4.74 Å². The third-order valence-electron chi connectivity index (χ3n) is 5.27. The van der Waals surface area contributed by atoms with Crippen LogP contribution in [0.5, 0.6) is 5.75 Å². The van der Waals surface area contributed by atoms with Gasteiger partial charge in [0, 0.05) is 46.6 Å². The number of alkyl halides is 1. The molecule has 0 aliphatic carbocycles. The van der Waals surface area contributed by atoms with Crippen LogP contribution in [0.2, 0.25) is 0 Å². The van der Waals surface area contributed by atoms with Gasteiger partial charge in [-0.05, 0) is 61.2 Å². The van der Waals surface area contributed by atoms with E-state index in [1.54, 1.807) is 12.4 Å². The molecule has 2 N–H and O–H groups in total. The Morgan fingerprint density at radius 2 is 2.06 bits per heavy atom. The first kappa shape index (κ1) is 20.8. The van der Waals surface area contributed by atoms with Crippen molar-refractivity contribution in [3.8, 4) is 22.9 Å². The first-order valence-electron chi connectivity index (χ1n) is 10.2. The van der Waals surface area contributed by atoms with Gasteiger partial charge in [0.25, 0.3) is 0 Å². The lowest BCUT2D eigenvalue weighted by molar-refractivity contribution is 0.310. The molecule has 156 valence electrons. The summed E-state index contributed by atoms with van der Waals surface area (Å²) in [6.45, 7) is 2.69. The summed E-state index contributed by atoms with van der Waals surface area (Å²) in [5, 5.41) is 14.4. The number of rotatable bonds is 8. The van der Waals surface area contributed by atoms with Gasteiger partial charge in [0.15, 0.2) is 0 Å². The van der Waals surface area contributed by atoms with Crippen LogP contribution in [-0.4, -0.2) is 22.5 Å². The minimum absolute atomic E-state index is 0.486. The monoisotopic (exact) mass is 430 g/mol. The molecule has 6 heteroatoms. The van der Waals surface area contributed by atoms with E-state index in [0.717, 1.165) is 57.6 Å². The molecule has 0 aliphatic rings. The Morgan fingerprint density at radius 1 is 1.16 bits per heavy atom. The zero-order valence-electron chi connectivity index (χ0n) is 17.3. The van der Waals surface area contributed by atoms with E-state index in [4.69, 9.17) is 16.3 Å². The molecular weight excluding hydrogens is 408 g/mol. The van der Waals surface area contributed by atoms with Crippen molar-refractivity contribution in [1.29, 1.82) is 5.26 Å². The summed E-state index contributed by atoms with van der Waals surface area (Å²) in [7, 11) is 0. The number of hydrogen-bond acceptors (Lipinski definition) is 4. The number of nitriles is 1. The topological polar surface area (TPSA) is 73.7 Å². The predicted molar refractivity (Wildman–Crippen MR) is 126 cm³/mol. The highest BCUT2D eigenvalue weighted by Crippen LogP contribution is 2.36. The van der Waals surface area contributed by atoms with Crippen molar-refractivity contribution in [2.24, 2.45) is 0 Å². The number of fused-ring (bicyclic) bond motifs is 1. The van der Waals surface area contributed by atoms with Gasteiger partial charge < -0.3 is 15.0 Å². The number of benzene rings is 2. The molecule has 2 heterocycles. The summed E-state index contributed by atoms with van der Waals surface area (Å²) >= 11 is 5.74.